The molecule has 2 unspecified atom stereocenters. The first-order chi connectivity index (χ1) is 8.06. The molecule has 0 aliphatic carbocycles. The maximum Gasteiger partial charge on any atom is 0.309 e. The Morgan fingerprint density at radius 1 is 1.35 bits per heavy atom. The van der Waals surface area contributed by atoms with Crippen LogP contribution >= 0.6 is 0 Å². The number of carboxylic acid groups (broad SMARTS) is 1. The summed E-state index contributed by atoms with van der Waals surface area (Å²) in [4.78, 5) is 10.7. The van der Waals surface area contributed by atoms with Gasteiger partial charge >= 0.3 is 5.97 Å². The average molecular weight is 236 g/mol. The van der Waals surface area contributed by atoms with Crippen molar-refractivity contribution in [3.05, 3.63) is 29.8 Å². The molecule has 0 radical (unpaired) electrons. The largest absolute Gasteiger partial charge is 0.492 e. The molecule has 1 aromatic carbocycles. The molecule has 17 heavy (non-hydrogen) atoms. The molecule has 1 aromatic rings. The summed E-state index contributed by atoms with van der Waals surface area (Å²) in [7, 11) is 0. The Bertz CT molecular complexity index is 373. The highest BCUT2D eigenvalue weighted by Gasteiger charge is 2.14. The van der Waals surface area contributed by atoms with Crippen LogP contribution in [-0.2, 0) is 4.79 Å². The van der Waals surface area contributed by atoms with Gasteiger partial charge in [-0.25, -0.2) is 0 Å². The molecule has 0 aliphatic rings. The lowest BCUT2D eigenvalue weighted by atomic mass is 9.98. The standard InChI is InChI=1S/C14H20O3/c1-4-10(2)12-7-5-6-8-13(12)17-9-11(3)14(15)16/h5-8,10-11H,4,9H2,1-3H3,(H,15,16). The minimum Gasteiger partial charge on any atom is -0.492 e. The number of hydrogen-bond acceptors (Lipinski definition) is 2. The van der Waals surface area contributed by atoms with E-state index in [0.29, 0.717) is 5.92 Å². The molecule has 0 saturated carbocycles. The van der Waals surface area contributed by atoms with Crippen LogP contribution in [0.15, 0.2) is 24.3 Å². The van der Waals surface area contributed by atoms with Crippen LogP contribution in [0.3, 0.4) is 0 Å². The predicted molar refractivity (Wildman–Crippen MR) is 67.4 cm³/mol. The third-order valence-electron chi connectivity index (χ3n) is 2.97. The molecule has 1 N–H and O–H groups in total. The first kappa shape index (κ1) is 13.6. The Hall–Kier alpha value is -1.51. The fourth-order valence-electron chi connectivity index (χ4n) is 1.53. The molecule has 2 atom stereocenters. The van der Waals surface area contributed by atoms with Gasteiger partial charge in [-0.3, -0.25) is 4.79 Å². The van der Waals surface area contributed by atoms with Crippen molar-refractivity contribution in [2.75, 3.05) is 6.61 Å². The molecule has 3 nitrogen and oxygen atoms in total. The maximum atomic E-state index is 10.7. The molecular weight excluding hydrogens is 216 g/mol. The highest BCUT2D eigenvalue weighted by molar-refractivity contribution is 5.69. The van der Waals surface area contributed by atoms with Gasteiger partial charge in [-0.05, 0) is 30.9 Å². The van der Waals surface area contributed by atoms with E-state index in [1.54, 1.807) is 6.92 Å². The van der Waals surface area contributed by atoms with Gasteiger partial charge in [-0.1, -0.05) is 32.0 Å². The van der Waals surface area contributed by atoms with Crippen molar-refractivity contribution in [3.63, 3.8) is 0 Å². The number of carbonyl (C=O) groups is 1. The van der Waals surface area contributed by atoms with E-state index in [1.807, 2.05) is 24.3 Å². The van der Waals surface area contributed by atoms with E-state index in [4.69, 9.17) is 9.84 Å². The first-order valence-electron chi connectivity index (χ1n) is 6.00. The predicted octanol–water partition coefficient (Wildman–Crippen LogP) is 3.30. The van der Waals surface area contributed by atoms with Crippen molar-refractivity contribution in [1.82, 2.24) is 0 Å². The molecule has 0 spiro atoms. The van der Waals surface area contributed by atoms with E-state index in [9.17, 15) is 4.79 Å². The molecule has 0 aromatic heterocycles. The SMILES string of the molecule is CCC(C)c1ccccc1OCC(C)C(=O)O. The quantitative estimate of drug-likeness (QED) is 0.824. The molecule has 0 amide bonds. The van der Waals surface area contributed by atoms with E-state index in [1.165, 1.54) is 0 Å². The van der Waals surface area contributed by atoms with Gasteiger partial charge in [0.15, 0.2) is 0 Å². The molecule has 0 heterocycles. The second-order valence-corrected chi connectivity index (χ2v) is 4.40. The van der Waals surface area contributed by atoms with Crippen LogP contribution < -0.4 is 4.74 Å². The fraction of sp³-hybridized carbons (Fsp3) is 0.500. The van der Waals surface area contributed by atoms with E-state index >= 15 is 0 Å². The Labute approximate surface area is 102 Å². The summed E-state index contributed by atoms with van der Waals surface area (Å²) in [5.41, 5.74) is 1.15. The van der Waals surface area contributed by atoms with Gasteiger partial charge in [0.25, 0.3) is 0 Å². The summed E-state index contributed by atoms with van der Waals surface area (Å²) in [5, 5.41) is 8.80. The Morgan fingerprint density at radius 3 is 2.59 bits per heavy atom. The summed E-state index contributed by atoms with van der Waals surface area (Å²) >= 11 is 0. The second-order valence-electron chi connectivity index (χ2n) is 4.40. The number of hydrogen-bond donors (Lipinski definition) is 1. The maximum absolute atomic E-state index is 10.7. The third-order valence-corrected chi connectivity index (χ3v) is 2.97. The number of benzene rings is 1. The fourth-order valence-corrected chi connectivity index (χ4v) is 1.53. The zero-order valence-electron chi connectivity index (χ0n) is 10.6. The summed E-state index contributed by atoms with van der Waals surface area (Å²) in [5.74, 6) is -0.0905. The smallest absolute Gasteiger partial charge is 0.309 e. The lowest BCUT2D eigenvalue weighted by Crippen LogP contribution is -2.18. The number of rotatable bonds is 6. The third kappa shape index (κ3) is 3.77. The Balaban J connectivity index is 2.73. The molecule has 1 rings (SSSR count). The summed E-state index contributed by atoms with van der Waals surface area (Å²) < 4.78 is 5.60. The minimum absolute atomic E-state index is 0.211. The van der Waals surface area contributed by atoms with Gasteiger partial charge in [0, 0.05) is 0 Å². The van der Waals surface area contributed by atoms with Crippen molar-refractivity contribution < 1.29 is 14.6 Å². The highest BCUT2D eigenvalue weighted by atomic mass is 16.5. The molecule has 3 heteroatoms. The van der Waals surface area contributed by atoms with Crippen LogP contribution in [0.2, 0.25) is 0 Å². The van der Waals surface area contributed by atoms with Crippen molar-refractivity contribution in [2.45, 2.75) is 33.1 Å². The van der Waals surface area contributed by atoms with Gasteiger partial charge in [-0.2, -0.15) is 0 Å². The van der Waals surface area contributed by atoms with Crippen molar-refractivity contribution in [3.8, 4) is 5.75 Å². The van der Waals surface area contributed by atoms with Crippen molar-refractivity contribution >= 4 is 5.97 Å². The van der Waals surface area contributed by atoms with Gasteiger partial charge in [0.05, 0.1) is 5.92 Å². The monoisotopic (exact) mass is 236 g/mol. The molecule has 0 aliphatic heterocycles. The lowest BCUT2D eigenvalue weighted by molar-refractivity contribution is -0.142. The summed E-state index contributed by atoms with van der Waals surface area (Å²) in [6.07, 6.45) is 1.04. The van der Waals surface area contributed by atoms with Crippen LogP contribution in [-0.4, -0.2) is 17.7 Å². The van der Waals surface area contributed by atoms with Crippen molar-refractivity contribution in [1.29, 1.82) is 0 Å². The highest BCUT2D eigenvalue weighted by Crippen LogP contribution is 2.28. The zero-order valence-corrected chi connectivity index (χ0v) is 10.6. The molecule has 0 saturated heterocycles. The summed E-state index contributed by atoms with van der Waals surface area (Å²) in [6.45, 7) is 6.13. The number of ether oxygens (including phenoxy) is 1. The second kappa shape index (κ2) is 6.28. The average Bonchev–Trinajstić information content (AvgIpc) is 2.35. The van der Waals surface area contributed by atoms with Crippen LogP contribution in [0, 0.1) is 5.92 Å². The molecular formula is C14H20O3. The van der Waals surface area contributed by atoms with Crippen LogP contribution in [0.5, 0.6) is 5.75 Å². The Morgan fingerprint density at radius 2 is 2.00 bits per heavy atom. The molecule has 94 valence electrons. The van der Waals surface area contributed by atoms with Gasteiger partial charge in [0.2, 0.25) is 0 Å². The Kier molecular flexibility index (Phi) is 5.01. The van der Waals surface area contributed by atoms with E-state index < -0.39 is 11.9 Å². The van der Waals surface area contributed by atoms with E-state index in [-0.39, 0.29) is 6.61 Å². The van der Waals surface area contributed by atoms with E-state index in [0.717, 1.165) is 17.7 Å². The normalized spacial score (nSPS) is 14.1. The number of aliphatic carboxylic acids is 1. The van der Waals surface area contributed by atoms with Crippen LogP contribution in [0.4, 0.5) is 0 Å². The molecule has 0 bridgehead atoms. The van der Waals surface area contributed by atoms with Crippen LogP contribution in [0.1, 0.15) is 38.7 Å². The zero-order chi connectivity index (χ0) is 12.8. The number of para-hydroxylation sites is 1. The van der Waals surface area contributed by atoms with Gasteiger partial charge in [-0.15, -0.1) is 0 Å². The lowest BCUT2D eigenvalue weighted by Gasteiger charge is -2.16. The van der Waals surface area contributed by atoms with Crippen LogP contribution in [0.25, 0.3) is 0 Å². The van der Waals surface area contributed by atoms with Gasteiger partial charge < -0.3 is 9.84 Å². The molecule has 0 fully saturated rings. The first-order valence-corrected chi connectivity index (χ1v) is 6.00. The van der Waals surface area contributed by atoms with Gasteiger partial charge in [0.1, 0.15) is 12.4 Å². The minimum atomic E-state index is -0.828. The topological polar surface area (TPSA) is 46.5 Å². The van der Waals surface area contributed by atoms with E-state index in [2.05, 4.69) is 13.8 Å². The summed E-state index contributed by atoms with van der Waals surface area (Å²) in [6, 6.07) is 7.83. The number of carboxylic acids is 1. The van der Waals surface area contributed by atoms with Crippen molar-refractivity contribution in [2.24, 2.45) is 5.92 Å².